The van der Waals surface area contributed by atoms with Crippen LogP contribution in [0.25, 0.3) is 0 Å². The minimum absolute atomic E-state index is 0.375. The van der Waals surface area contributed by atoms with Crippen LogP contribution in [0.15, 0.2) is 78.9 Å². The highest BCUT2D eigenvalue weighted by Gasteiger charge is 2.37. The first kappa shape index (κ1) is 23.6. The van der Waals surface area contributed by atoms with Crippen molar-refractivity contribution in [3.05, 3.63) is 78.9 Å². The SMILES string of the molecule is CCN(CC)C[C@@H]1CCCN1c1c(OC)cccc1P(=O)(c1ccccc1)c1ccccc1. The molecule has 0 unspecified atom stereocenters. The number of para-hydroxylation sites is 1. The fraction of sp³-hybridized carbons (Fsp3) is 0.357. The van der Waals surface area contributed by atoms with E-state index in [1.807, 2.05) is 78.9 Å². The molecule has 1 aliphatic rings. The molecule has 3 aromatic carbocycles. The van der Waals surface area contributed by atoms with Crippen molar-refractivity contribution in [2.24, 2.45) is 0 Å². The number of hydrogen-bond donors (Lipinski definition) is 0. The summed E-state index contributed by atoms with van der Waals surface area (Å²) in [5.41, 5.74) is 0.991. The zero-order valence-corrected chi connectivity index (χ0v) is 20.9. The molecule has 0 bridgehead atoms. The molecule has 1 saturated heterocycles. The van der Waals surface area contributed by atoms with Crippen molar-refractivity contribution in [1.82, 2.24) is 4.90 Å². The van der Waals surface area contributed by atoms with Crippen LogP contribution in [0.2, 0.25) is 0 Å². The normalized spacial score (nSPS) is 16.4. The fourth-order valence-corrected chi connectivity index (χ4v) is 7.89. The van der Waals surface area contributed by atoms with Gasteiger partial charge in [-0.3, -0.25) is 0 Å². The van der Waals surface area contributed by atoms with Crippen LogP contribution >= 0.6 is 7.14 Å². The van der Waals surface area contributed by atoms with E-state index in [0.29, 0.717) is 6.04 Å². The summed E-state index contributed by atoms with van der Waals surface area (Å²) in [4.78, 5) is 4.94. The first-order chi connectivity index (χ1) is 16.1. The van der Waals surface area contributed by atoms with Gasteiger partial charge in [0.25, 0.3) is 0 Å². The molecule has 0 amide bonds. The standard InChI is InChI=1S/C28H35N2O2P/c1-4-29(5-2)22-23-14-13-21-30(23)28-26(32-3)19-12-20-27(28)33(31,24-15-8-6-9-16-24)25-17-10-7-11-18-25/h6-12,15-20,23H,4-5,13-14,21-22H2,1-3H3/t23-/m0/s1. The van der Waals surface area contributed by atoms with E-state index in [1.165, 1.54) is 0 Å². The van der Waals surface area contributed by atoms with Crippen LogP contribution in [0, 0.1) is 0 Å². The van der Waals surface area contributed by atoms with Gasteiger partial charge in [-0.2, -0.15) is 0 Å². The minimum Gasteiger partial charge on any atom is -0.495 e. The van der Waals surface area contributed by atoms with Crippen molar-refractivity contribution >= 4 is 28.7 Å². The van der Waals surface area contributed by atoms with Gasteiger partial charge in [0.15, 0.2) is 7.14 Å². The summed E-state index contributed by atoms with van der Waals surface area (Å²) in [5.74, 6) is 0.797. The molecule has 1 aliphatic heterocycles. The average molecular weight is 463 g/mol. The van der Waals surface area contributed by atoms with Crippen LogP contribution in [-0.4, -0.2) is 44.2 Å². The molecule has 1 fully saturated rings. The van der Waals surface area contributed by atoms with Crippen molar-refractivity contribution in [3.63, 3.8) is 0 Å². The Labute approximate surface area is 198 Å². The molecule has 0 aliphatic carbocycles. The lowest BCUT2D eigenvalue weighted by molar-refractivity contribution is 0.283. The summed E-state index contributed by atoms with van der Waals surface area (Å²) in [7, 11) is -1.40. The molecule has 4 rings (SSSR count). The van der Waals surface area contributed by atoms with E-state index >= 15 is 4.57 Å². The summed E-state index contributed by atoms with van der Waals surface area (Å²) >= 11 is 0. The Hall–Kier alpha value is -2.55. The second-order valence-electron chi connectivity index (χ2n) is 8.58. The van der Waals surface area contributed by atoms with Gasteiger partial charge in [0.05, 0.1) is 12.8 Å². The number of hydrogen-bond acceptors (Lipinski definition) is 4. The van der Waals surface area contributed by atoms with Gasteiger partial charge in [-0.1, -0.05) is 80.6 Å². The van der Waals surface area contributed by atoms with E-state index in [9.17, 15) is 0 Å². The molecule has 33 heavy (non-hydrogen) atoms. The number of ether oxygens (including phenoxy) is 1. The fourth-order valence-electron chi connectivity index (χ4n) is 5.02. The lowest BCUT2D eigenvalue weighted by Gasteiger charge is -2.35. The smallest absolute Gasteiger partial charge is 0.173 e. The van der Waals surface area contributed by atoms with Gasteiger partial charge in [-0.05, 0) is 38.1 Å². The predicted molar refractivity (Wildman–Crippen MR) is 141 cm³/mol. The van der Waals surface area contributed by atoms with Gasteiger partial charge >= 0.3 is 0 Å². The molecular formula is C28H35N2O2P. The van der Waals surface area contributed by atoms with Gasteiger partial charge in [0, 0.05) is 35.0 Å². The van der Waals surface area contributed by atoms with Crippen LogP contribution in [0.3, 0.4) is 0 Å². The summed E-state index contributed by atoms with van der Waals surface area (Å²) in [5, 5.41) is 2.57. The van der Waals surface area contributed by atoms with Crippen LogP contribution in [0.4, 0.5) is 5.69 Å². The monoisotopic (exact) mass is 462 g/mol. The quantitative estimate of drug-likeness (QED) is 0.434. The maximum absolute atomic E-state index is 15.2. The van der Waals surface area contributed by atoms with E-state index < -0.39 is 7.14 Å². The Bertz CT molecular complexity index is 1040. The molecule has 0 aromatic heterocycles. The second-order valence-corrected chi connectivity index (χ2v) is 11.3. The summed E-state index contributed by atoms with van der Waals surface area (Å²) in [6.07, 6.45) is 2.26. The lowest BCUT2D eigenvalue weighted by Crippen LogP contribution is -2.42. The van der Waals surface area contributed by atoms with Crippen molar-refractivity contribution in [2.75, 3.05) is 38.2 Å². The van der Waals surface area contributed by atoms with Gasteiger partial charge in [0.2, 0.25) is 0 Å². The molecule has 1 heterocycles. The largest absolute Gasteiger partial charge is 0.495 e. The number of rotatable bonds is 9. The first-order valence-corrected chi connectivity index (χ1v) is 13.7. The molecular weight excluding hydrogens is 427 g/mol. The number of anilines is 1. The van der Waals surface area contributed by atoms with E-state index in [2.05, 4.69) is 23.6 Å². The Morgan fingerprint density at radius 1 is 0.909 bits per heavy atom. The van der Waals surface area contributed by atoms with Crippen LogP contribution in [0.1, 0.15) is 26.7 Å². The highest BCUT2D eigenvalue weighted by Crippen LogP contribution is 2.48. The molecule has 0 N–H and O–H groups in total. The molecule has 0 saturated carbocycles. The van der Waals surface area contributed by atoms with E-state index in [-0.39, 0.29) is 0 Å². The van der Waals surface area contributed by atoms with Gasteiger partial charge in [-0.25, -0.2) is 0 Å². The van der Waals surface area contributed by atoms with Gasteiger partial charge in [0.1, 0.15) is 5.75 Å². The number of nitrogens with zero attached hydrogens (tertiary/aromatic N) is 2. The molecule has 3 aromatic rings. The topological polar surface area (TPSA) is 32.8 Å². The summed E-state index contributed by atoms with van der Waals surface area (Å²) < 4.78 is 21.1. The Morgan fingerprint density at radius 2 is 1.52 bits per heavy atom. The molecule has 0 spiro atoms. The molecule has 174 valence electrons. The first-order valence-electron chi connectivity index (χ1n) is 12.0. The zero-order chi connectivity index (χ0) is 23.3. The molecule has 0 radical (unpaired) electrons. The van der Waals surface area contributed by atoms with Crippen LogP contribution in [0.5, 0.6) is 5.75 Å². The average Bonchev–Trinajstić information content (AvgIpc) is 3.35. The van der Waals surface area contributed by atoms with Crippen molar-refractivity contribution in [2.45, 2.75) is 32.7 Å². The summed E-state index contributed by atoms with van der Waals surface area (Å²) in [6, 6.07) is 26.2. The minimum atomic E-state index is -3.12. The van der Waals surface area contributed by atoms with Crippen molar-refractivity contribution < 1.29 is 9.30 Å². The third-order valence-corrected chi connectivity index (χ3v) is 9.89. The highest BCUT2D eigenvalue weighted by molar-refractivity contribution is 7.85. The van der Waals surface area contributed by atoms with E-state index in [1.54, 1.807) is 7.11 Å². The van der Waals surface area contributed by atoms with Gasteiger partial charge in [-0.15, -0.1) is 0 Å². The predicted octanol–water partition coefficient (Wildman–Crippen LogP) is 4.65. The van der Waals surface area contributed by atoms with Crippen molar-refractivity contribution in [1.29, 1.82) is 0 Å². The maximum Gasteiger partial charge on any atom is 0.173 e. The summed E-state index contributed by atoms with van der Waals surface area (Å²) in [6.45, 7) is 8.46. The van der Waals surface area contributed by atoms with Crippen LogP contribution in [-0.2, 0) is 4.57 Å². The number of benzene rings is 3. The molecule has 5 heteroatoms. The highest BCUT2D eigenvalue weighted by atomic mass is 31.2. The van der Waals surface area contributed by atoms with Crippen LogP contribution < -0.4 is 25.6 Å². The third-order valence-electron chi connectivity index (χ3n) is 6.80. The second kappa shape index (κ2) is 10.6. The van der Waals surface area contributed by atoms with Gasteiger partial charge < -0.3 is 19.1 Å². The maximum atomic E-state index is 15.2. The Balaban J connectivity index is 1.91. The third kappa shape index (κ3) is 4.60. The van der Waals surface area contributed by atoms with E-state index in [0.717, 1.165) is 66.4 Å². The Morgan fingerprint density at radius 3 is 2.06 bits per heavy atom. The lowest BCUT2D eigenvalue weighted by atomic mass is 10.2. The van der Waals surface area contributed by atoms with Crippen molar-refractivity contribution in [3.8, 4) is 5.75 Å². The number of likely N-dealkylation sites (N-methyl/N-ethyl adjacent to an activating group) is 1. The molecule has 4 nitrogen and oxygen atoms in total. The molecule has 1 atom stereocenters. The Kier molecular flexibility index (Phi) is 7.57. The van der Waals surface area contributed by atoms with E-state index in [4.69, 9.17) is 4.74 Å². The zero-order valence-electron chi connectivity index (χ0n) is 20.0. The number of methoxy groups -OCH3 is 1.